The summed E-state index contributed by atoms with van der Waals surface area (Å²) >= 11 is 3.63. The van der Waals surface area contributed by atoms with E-state index < -0.39 is 0 Å². The Hall–Kier alpha value is -0.780. The Bertz CT molecular complexity index is 509. The maximum absolute atomic E-state index is 5.39. The molecule has 4 nitrogen and oxygen atoms in total. The van der Waals surface area contributed by atoms with E-state index in [0.717, 1.165) is 28.6 Å². The number of nitrogens with zero attached hydrogens (tertiary/aromatic N) is 1. The van der Waals surface area contributed by atoms with Gasteiger partial charge in [0.2, 0.25) is 0 Å². The van der Waals surface area contributed by atoms with E-state index in [-0.39, 0.29) is 0 Å². The largest absolute Gasteiger partial charge is 0.493 e. The van der Waals surface area contributed by atoms with Gasteiger partial charge in [0.15, 0.2) is 11.5 Å². The quantitative estimate of drug-likeness (QED) is 0.881. The first-order valence-corrected chi connectivity index (χ1v) is 8.40. The third-order valence-electron chi connectivity index (χ3n) is 4.71. The lowest BCUT2D eigenvalue weighted by molar-refractivity contribution is 0.298. The predicted octanol–water partition coefficient (Wildman–Crippen LogP) is 2.79. The number of hydrogen-bond acceptors (Lipinski definition) is 4. The molecule has 3 rings (SSSR count). The second kappa shape index (κ2) is 6.55. The highest BCUT2D eigenvalue weighted by Crippen LogP contribution is 2.34. The van der Waals surface area contributed by atoms with Gasteiger partial charge in [-0.05, 0) is 43.5 Å². The van der Waals surface area contributed by atoms with Crippen molar-refractivity contribution in [2.24, 2.45) is 0 Å². The molecule has 21 heavy (non-hydrogen) atoms. The van der Waals surface area contributed by atoms with E-state index in [2.05, 4.69) is 32.2 Å². The fourth-order valence-corrected chi connectivity index (χ4v) is 4.06. The van der Waals surface area contributed by atoms with Crippen molar-refractivity contribution in [3.63, 3.8) is 0 Å². The molecule has 2 fully saturated rings. The number of rotatable bonds is 5. The van der Waals surface area contributed by atoms with Crippen LogP contribution < -0.4 is 14.8 Å². The first kappa shape index (κ1) is 15.1. The number of hydrogen-bond donors (Lipinski definition) is 1. The molecule has 2 aliphatic heterocycles. The summed E-state index contributed by atoms with van der Waals surface area (Å²) in [6.07, 6.45) is 3.95. The molecule has 0 aliphatic carbocycles. The minimum Gasteiger partial charge on any atom is -0.493 e. The summed E-state index contributed by atoms with van der Waals surface area (Å²) in [5.74, 6) is 1.54. The van der Waals surface area contributed by atoms with Crippen molar-refractivity contribution < 1.29 is 9.47 Å². The van der Waals surface area contributed by atoms with Crippen LogP contribution in [-0.4, -0.2) is 44.3 Å². The maximum Gasteiger partial charge on any atom is 0.161 e. The SMILES string of the molecule is COc1cc(Br)c(CNC2CCN3CCCC23)cc1OC. The molecule has 2 aliphatic rings. The zero-order chi connectivity index (χ0) is 14.8. The van der Waals surface area contributed by atoms with Gasteiger partial charge in [0, 0.05) is 29.6 Å². The zero-order valence-corrected chi connectivity index (χ0v) is 14.3. The van der Waals surface area contributed by atoms with Gasteiger partial charge in [0.1, 0.15) is 0 Å². The zero-order valence-electron chi connectivity index (χ0n) is 12.7. The molecule has 0 amide bonds. The van der Waals surface area contributed by atoms with Crippen molar-refractivity contribution in [1.29, 1.82) is 0 Å². The topological polar surface area (TPSA) is 33.7 Å². The molecule has 1 N–H and O–H groups in total. The fourth-order valence-electron chi connectivity index (χ4n) is 3.59. The summed E-state index contributed by atoms with van der Waals surface area (Å²) in [5.41, 5.74) is 1.21. The van der Waals surface area contributed by atoms with E-state index in [4.69, 9.17) is 9.47 Å². The van der Waals surface area contributed by atoms with Crippen molar-refractivity contribution in [3.05, 3.63) is 22.2 Å². The summed E-state index contributed by atoms with van der Waals surface area (Å²) in [7, 11) is 3.34. The monoisotopic (exact) mass is 354 g/mol. The van der Waals surface area contributed by atoms with Crippen molar-refractivity contribution in [3.8, 4) is 11.5 Å². The van der Waals surface area contributed by atoms with Crippen molar-refractivity contribution in [2.75, 3.05) is 27.3 Å². The van der Waals surface area contributed by atoms with Gasteiger partial charge < -0.3 is 14.8 Å². The van der Waals surface area contributed by atoms with Crippen molar-refractivity contribution in [2.45, 2.75) is 37.9 Å². The van der Waals surface area contributed by atoms with E-state index in [9.17, 15) is 0 Å². The van der Waals surface area contributed by atoms with E-state index in [1.54, 1.807) is 14.2 Å². The van der Waals surface area contributed by atoms with Crippen LogP contribution in [0.15, 0.2) is 16.6 Å². The van der Waals surface area contributed by atoms with Crippen LogP contribution >= 0.6 is 15.9 Å². The Balaban J connectivity index is 1.67. The van der Waals surface area contributed by atoms with Crippen molar-refractivity contribution in [1.82, 2.24) is 10.2 Å². The Labute approximate surface area is 134 Å². The number of ether oxygens (including phenoxy) is 2. The van der Waals surface area contributed by atoms with Crippen LogP contribution in [0.3, 0.4) is 0 Å². The molecule has 2 heterocycles. The van der Waals surface area contributed by atoms with Crippen LogP contribution in [0.2, 0.25) is 0 Å². The molecule has 2 saturated heterocycles. The van der Waals surface area contributed by atoms with E-state index in [1.165, 1.54) is 37.9 Å². The number of benzene rings is 1. The Morgan fingerprint density at radius 2 is 1.95 bits per heavy atom. The number of methoxy groups -OCH3 is 2. The Morgan fingerprint density at radius 1 is 1.19 bits per heavy atom. The van der Waals surface area contributed by atoms with Gasteiger partial charge in [-0.3, -0.25) is 4.90 Å². The van der Waals surface area contributed by atoms with Crippen LogP contribution in [0.1, 0.15) is 24.8 Å². The van der Waals surface area contributed by atoms with Gasteiger partial charge in [0.25, 0.3) is 0 Å². The second-order valence-electron chi connectivity index (χ2n) is 5.82. The highest BCUT2D eigenvalue weighted by atomic mass is 79.9. The molecule has 0 saturated carbocycles. The van der Waals surface area contributed by atoms with E-state index >= 15 is 0 Å². The summed E-state index contributed by atoms with van der Waals surface area (Å²) in [6.45, 7) is 3.38. The molecular weight excluding hydrogens is 332 g/mol. The molecule has 1 aromatic rings. The average Bonchev–Trinajstić information content (AvgIpc) is 3.09. The van der Waals surface area contributed by atoms with Gasteiger partial charge in [-0.15, -0.1) is 0 Å². The first-order chi connectivity index (χ1) is 10.2. The minimum absolute atomic E-state index is 0.618. The van der Waals surface area contributed by atoms with Crippen LogP contribution in [0.25, 0.3) is 0 Å². The van der Waals surface area contributed by atoms with E-state index in [1.807, 2.05) is 6.07 Å². The fraction of sp³-hybridized carbons (Fsp3) is 0.625. The van der Waals surface area contributed by atoms with Gasteiger partial charge >= 0.3 is 0 Å². The molecule has 0 spiro atoms. The van der Waals surface area contributed by atoms with Crippen LogP contribution in [0, 0.1) is 0 Å². The second-order valence-corrected chi connectivity index (χ2v) is 6.67. The van der Waals surface area contributed by atoms with Crippen molar-refractivity contribution >= 4 is 15.9 Å². The average molecular weight is 355 g/mol. The van der Waals surface area contributed by atoms with Crippen LogP contribution in [0.4, 0.5) is 0 Å². The first-order valence-electron chi connectivity index (χ1n) is 7.60. The Kier molecular flexibility index (Phi) is 4.72. The van der Waals surface area contributed by atoms with Crippen LogP contribution in [-0.2, 0) is 6.54 Å². The third-order valence-corrected chi connectivity index (χ3v) is 5.45. The molecule has 1 aromatic carbocycles. The molecule has 5 heteroatoms. The summed E-state index contributed by atoms with van der Waals surface area (Å²) in [6, 6.07) is 5.39. The summed E-state index contributed by atoms with van der Waals surface area (Å²) < 4.78 is 11.8. The maximum atomic E-state index is 5.39. The molecule has 0 radical (unpaired) electrons. The lowest BCUT2D eigenvalue weighted by Gasteiger charge is -2.22. The predicted molar refractivity (Wildman–Crippen MR) is 87.1 cm³/mol. The molecule has 0 bridgehead atoms. The Morgan fingerprint density at radius 3 is 2.71 bits per heavy atom. The van der Waals surface area contributed by atoms with Gasteiger partial charge in [-0.25, -0.2) is 0 Å². The van der Waals surface area contributed by atoms with Gasteiger partial charge in [0.05, 0.1) is 14.2 Å². The minimum atomic E-state index is 0.618. The molecule has 2 atom stereocenters. The van der Waals surface area contributed by atoms with E-state index in [0.29, 0.717) is 6.04 Å². The molecular formula is C16H23BrN2O2. The highest BCUT2D eigenvalue weighted by Gasteiger charge is 2.36. The van der Waals surface area contributed by atoms with Gasteiger partial charge in [-0.1, -0.05) is 15.9 Å². The molecule has 116 valence electrons. The normalized spacial score (nSPS) is 25.1. The number of nitrogens with one attached hydrogen (secondary N) is 1. The number of halogens is 1. The molecule has 2 unspecified atom stereocenters. The standard InChI is InChI=1S/C16H23BrN2O2/c1-20-15-8-11(12(17)9-16(15)21-2)10-18-13-5-7-19-6-3-4-14(13)19/h8-9,13-14,18H,3-7,10H2,1-2H3. The lowest BCUT2D eigenvalue weighted by atomic mass is 10.1. The lowest BCUT2D eigenvalue weighted by Crippen LogP contribution is -2.38. The van der Waals surface area contributed by atoms with Crippen LogP contribution in [0.5, 0.6) is 11.5 Å². The van der Waals surface area contributed by atoms with Gasteiger partial charge in [-0.2, -0.15) is 0 Å². The molecule has 0 aromatic heterocycles. The third kappa shape index (κ3) is 3.05. The highest BCUT2D eigenvalue weighted by molar-refractivity contribution is 9.10. The smallest absolute Gasteiger partial charge is 0.161 e. The summed E-state index contributed by atoms with van der Waals surface area (Å²) in [5, 5.41) is 3.73. The summed E-state index contributed by atoms with van der Waals surface area (Å²) in [4.78, 5) is 2.63. The number of fused-ring (bicyclic) bond motifs is 1.